The predicted octanol–water partition coefficient (Wildman–Crippen LogP) is 2.53. The molecule has 0 saturated carbocycles. The van der Waals surface area contributed by atoms with Crippen LogP contribution in [-0.2, 0) is 4.79 Å². The van der Waals surface area contributed by atoms with Gasteiger partial charge in [-0.1, -0.05) is 6.07 Å². The Labute approximate surface area is 97.6 Å². The van der Waals surface area contributed by atoms with Gasteiger partial charge >= 0.3 is 0 Å². The van der Waals surface area contributed by atoms with Gasteiger partial charge in [0.2, 0.25) is 6.41 Å². The molecule has 0 bridgehead atoms. The van der Waals surface area contributed by atoms with Crippen molar-refractivity contribution in [2.45, 2.75) is 25.3 Å². The van der Waals surface area contributed by atoms with Crippen LogP contribution in [0.15, 0.2) is 22.9 Å². The lowest BCUT2D eigenvalue weighted by Crippen LogP contribution is -2.32. The second kappa shape index (κ2) is 4.75. The van der Waals surface area contributed by atoms with Crippen LogP contribution in [0.4, 0.5) is 0 Å². The molecule has 1 saturated heterocycles. The maximum absolute atomic E-state index is 10.9. The average Bonchev–Trinajstić information content (AvgIpc) is 2.30. The van der Waals surface area contributed by atoms with Crippen molar-refractivity contribution in [2.75, 3.05) is 6.54 Å². The number of carbonyl (C=O) groups excluding carboxylic acids is 1. The first kappa shape index (κ1) is 10.6. The molecule has 2 heterocycles. The van der Waals surface area contributed by atoms with E-state index in [1.807, 2.05) is 17.0 Å². The first-order valence-electron chi connectivity index (χ1n) is 5.14. The molecule has 1 aliphatic heterocycles. The third-order valence-corrected chi connectivity index (χ3v) is 3.49. The average molecular weight is 269 g/mol. The fraction of sp³-hybridized carbons (Fsp3) is 0.455. The Hall–Kier alpha value is -0.900. The lowest BCUT2D eigenvalue weighted by molar-refractivity contribution is -0.121. The lowest BCUT2D eigenvalue weighted by atomic mass is 9.97. The SMILES string of the molecule is O=CN1CCCCC1c1cccnc1Br. The molecule has 15 heavy (non-hydrogen) atoms. The minimum Gasteiger partial charge on any atom is -0.338 e. The first-order valence-corrected chi connectivity index (χ1v) is 5.93. The lowest BCUT2D eigenvalue weighted by Gasteiger charge is -2.33. The van der Waals surface area contributed by atoms with Crippen molar-refractivity contribution in [1.82, 2.24) is 9.88 Å². The highest BCUT2D eigenvalue weighted by molar-refractivity contribution is 9.10. The minimum atomic E-state index is 0.194. The maximum atomic E-state index is 10.9. The highest BCUT2D eigenvalue weighted by Crippen LogP contribution is 2.32. The number of hydrogen-bond acceptors (Lipinski definition) is 2. The molecule has 1 fully saturated rings. The van der Waals surface area contributed by atoms with Gasteiger partial charge < -0.3 is 4.90 Å². The predicted molar refractivity (Wildman–Crippen MR) is 61.3 cm³/mol. The van der Waals surface area contributed by atoms with Gasteiger partial charge in [0.05, 0.1) is 6.04 Å². The number of aromatic nitrogens is 1. The summed E-state index contributed by atoms with van der Waals surface area (Å²) in [6.07, 6.45) is 6.01. The van der Waals surface area contributed by atoms with Crippen LogP contribution in [-0.4, -0.2) is 22.8 Å². The largest absolute Gasteiger partial charge is 0.338 e. The van der Waals surface area contributed by atoms with E-state index in [9.17, 15) is 4.79 Å². The molecule has 1 unspecified atom stereocenters. The van der Waals surface area contributed by atoms with E-state index in [2.05, 4.69) is 20.9 Å². The second-order valence-electron chi connectivity index (χ2n) is 3.74. The van der Waals surface area contributed by atoms with Crippen LogP contribution in [0.2, 0.25) is 0 Å². The standard InChI is InChI=1S/C11H13BrN2O/c12-11-9(4-3-6-13-11)10-5-1-2-7-14(10)8-15/h3-4,6,8,10H,1-2,5,7H2. The molecule has 0 N–H and O–H groups in total. The van der Waals surface area contributed by atoms with Gasteiger partial charge in [-0.2, -0.15) is 0 Å². The molecule has 1 atom stereocenters. The summed E-state index contributed by atoms with van der Waals surface area (Å²) in [6.45, 7) is 0.857. The number of piperidine rings is 1. The number of amides is 1. The summed E-state index contributed by atoms with van der Waals surface area (Å²) in [5.74, 6) is 0. The van der Waals surface area contributed by atoms with E-state index in [0.717, 1.165) is 36.0 Å². The Balaban J connectivity index is 2.28. The Kier molecular flexibility index (Phi) is 3.36. The van der Waals surface area contributed by atoms with Gasteiger partial charge in [0, 0.05) is 18.3 Å². The summed E-state index contributed by atoms with van der Waals surface area (Å²) in [5.41, 5.74) is 1.12. The van der Waals surface area contributed by atoms with Gasteiger partial charge in [-0.05, 0) is 41.3 Å². The van der Waals surface area contributed by atoms with Gasteiger partial charge in [0.15, 0.2) is 0 Å². The van der Waals surface area contributed by atoms with Crippen LogP contribution in [0.25, 0.3) is 0 Å². The number of pyridine rings is 1. The van der Waals surface area contributed by atoms with Crippen molar-refractivity contribution < 1.29 is 4.79 Å². The monoisotopic (exact) mass is 268 g/mol. The second-order valence-corrected chi connectivity index (χ2v) is 4.49. The quantitative estimate of drug-likeness (QED) is 0.610. The van der Waals surface area contributed by atoms with Gasteiger partial charge in [0.1, 0.15) is 4.60 Å². The third-order valence-electron chi connectivity index (χ3n) is 2.83. The molecule has 0 radical (unpaired) electrons. The smallest absolute Gasteiger partial charge is 0.210 e. The summed E-state index contributed by atoms with van der Waals surface area (Å²) >= 11 is 3.43. The van der Waals surface area contributed by atoms with Crippen molar-refractivity contribution in [1.29, 1.82) is 0 Å². The number of halogens is 1. The van der Waals surface area contributed by atoms with Crippen molar-refractivity contribution >= 4 is 22.3 Å². The molecule has 1 amide bonds. The highest BCUT2D eigenvalue weighted by Gasteiger charge is 2.24. The van der Waals surface area contributed by atoms with E-state index in [1.54, 1.807) is 6.20 Å². The zero-order chi connectivity index (χ0) is 10.7. The van der Waals surface area contributed by atoms with Crippen molar-refractivity contribution in [3.63, 3.8) is 0 Å². The number of carbonyl (C=O) groups is 1. The van der Waals surface area contributed by atoms with Crippen LogP contribution in [0.5, 0.6) is 0 Å². The molecular weight excluding hydrogens is 256 g/mol. The van der Waals surface area contributed by atoms with Crippen LogP contribution in [0.1, 0.15) is 30.9 Å². The fourth-order valence-corrected chi connectivity index (χ4v) is 2.58. The Morgan fingerprint density at radius 1 is 1.53 bits per heavy atom. The zero-order valence-corrected chi connectivity index (χ0v) is 9.98. The van der Waals surface area contributed by atoms with E-state index in [4.69, 9.17) is 0 Å². The van der Waals surface area contributed by atoms with Gasteiger partial charge in [-0.25, -0.2) is 4.98 Å². The summed E-state index contributed by atoms with van der Waals surface area (Å²) in [7, 11) is 0. The maximum Gasteiger partial charge on any atom is 0.210 e. The molecule has 1 aliphatic rings. The highest BCUT2D eigenvalue weighted by atomic mass is 79.9. The van der Waals surface area contributed by atoms with Crippen LogP contribution in [0, 0.1) is 0 Å². The number of hydrogen-bond donors (Lipinski definition) is 0. The van der Waals surface area contributed by atoms with Crippen molar-refractivity contribution in [2.24, 2.45) is 0 Å². The normalized spacial score (nSPS) is 21.4. The first-order chi connectivity index (χ1) is 7.33. The number of likely N-dealkylation sites (tertiary alicyclic amines) is 1. The topological polar surface area (TPSA) is 33.2 Å². The van der Waals surface area contributed by atoms with Crippen molar-refractivity contribution in [3.05, 3.63) is 28.5 Å². The Morgan fingerprint density at radius 3 is 3.13 bits per heavy atom. The fourth-order valence-electron chi connectivity index (χ4n) is 2.06. The van der Waals surface area contributed by atoms with E-state index in [1.165, 1.54) is 6.42 Å². The van der Waals surface area contributed by atoms with E-state index < -0.39 is 0 Å². The van der Waals surface area contributed by atoms with Crippen LogP contribution in [0.3, 0.4) is 0 Å². The minimum absolute atomic E-state index is 0.194. The summed E-state index contributed by atoms with van der Waals surface area (Å²) < 4.78 is 0.851. The third kappa shape index (κ3) is 2.20. The summed E-state index contributed by atoms with van der Waals surface area (Å²) in [5, 5.41) is 0. The summed E-state index contributed by atoms with van der Waals surface area (Å²) in [4.78, 5) is 17.0. The molecule has 4 heteroatoms. The number of nitrogens with zero attached hydrogens (tertiary/aromatic N) is 2. The van der Waals surface area contributed by atoms with Gasteiger partial charge in [0.25, 0.3) is 0 Å². The molecule has 0 spiro atoms. The molecule has 0 aromatic carbocycles. The molecular formula is C11H13BrN2O. The van der Waals surface area contributed by atoms with E-state index >= 15 is 0 Å². The summed E-state index contributed by atoms with van der Waals surface area (Å²) in [6, 6.07) is 4.14. The van der Waals surface area contributed by atoms with E-state index in [0.29, 0.717) is 0 Å². The molecule has 2 rings (SSSR count). The van der Waals surface area contributed by atoms with Gasteiger partial charge in [-0.3, -0.25) is 4.79 Å². The van der Waals surface area contributed by atoms with Crippen LogP contribution >= 0.6 is 15.9 Å². The molecule has 3 nitrogen and oxygen atoms in total. The molecule has 1 aromatic heterocycles. The van der Waals surface area contributed by atoms with Gasteiger partial charge in [-0.15, -0.1) is 0 Å². The Morgan fingerprint density at radius 2 is 2.40 bits per heavy atom. The van der Waals surface area contributed by atoms with Crippen molar-refractivity contribution in [3.8, 4) is 0 Å². The zero-order valence-electron chi connectivity index (χ0n) is 8.40. The molecule has 80 valence electrons. The Bertz CT molecular complexity index is 356. The van der Waals surface area contributed by atoms with Crippen LogP contribution < -0.4 is 0 Å². The van der Waals surface area contributed by atoms with E-state index in [-0.39, 0.29) is 6.04 Å². The number of rotatable bonds is 2. The molecule has 0 aliphatic carbocycles. The molecule has 1 aromatic rings.